The van der Waals surface area contributed by atoms with E-state index in [4.69, 9.17) is 16.3 Å². The second kappa shape index (κ2) is 5.31. The van der Waals surface area contributed by atoms with E-state index in [-0.39, 0.29) is 12.0 Å². The zero-order chi connectivity index (χ0) is 15.1. The summed E-state index contributed by atoms with van der Waals surface area (Å²) in [5.74, 6) is -3.14. The first kappa shape index (κ1) is 14.4. The highest BCUT2D eigenvalue weighted by Crippen LogP contribution is 2.43. The molecule has 1 amide bonds. The predicted octanol–water partition coefficient (Wildman–Crippen LogP) is 1.13. The van der Waals surface area contributed by atoms with Crippen LogP contribution in [0.15, 0.2) is 18.2 Å². The molecule has 4 atom stereocenters. The first-order valence-electron chi connectivity index (χ1n) is 6.90. The Bertz CT molecular complexity index is 603. The number of hydrogen-bond acceptors (Lipinski definition) is 4. The van der Waals surface area contributed by atoms with Crippen LogP contribution in [0.2, 0.25) is 5.02 Å². The van der Waals surface area contributed by atoms with E-state index in [0.717, 1.165) is 5.56 Å². The number of carbonyl (C=O) groups is 2. The van der Waals surface area contributed by atoms with Crippen molar-refractivity contribution in [1.82, 2.24) is 0 Å². The number of carboxylic acids is 1. The smallest absolute Gasteiger partial charge is 0.230 e. The number of carboxylic acid groups (broad SMARTS) is 1. The lowest BCUT2D eigenvalue weighted by atomic mass is 9.78. The van der Waals surface area contributed by atoms with Crippen molar-refractivity contribution >= 4 is 29.2 Å². The minimum absolute atomic E-state index is 0.334. The summed E-state index contributed by atoms with van der Waals surface area (Å²) in [6.45, 7) is 1.86. The molecular formula is C15H15ClNO4-. The Morgan fingerprint density at radius 3 is 2.57 bits per heavy atom. The Morgan fingerprint density at radius 1 is 1.29 bits per heavy atom. The van der Waals surface area contributed by atoms with Crippen LogP contribution in [0.1, 0.15) is 18.4 Å². The third kappa shape index (κ3) is 2.51. The number of benzene rings is 1. The van der Waals surface area contributed by atoms with E-state index in [1.54, 1.807) is 18.2 Å². The van der Waals surface area contributed by atoms with E-state index in [1.807, 2.05) is 6.92 Å². The van der Waals surface area contributed by atoms with Gasteiger partial charge in [-0.15, -0.1) is 0 Å². The Kier molecular flexibility index (Phi) is 3.63. The van der Waals surface area contributed by atoms with Crippen LogP contribution in [-0.4, -0.2) is 24.1 Å². The largest absolute Gasteiger partial charge is 0.550 e. The number of nitrogens with one attached hydrogen (secondary N) is 1. The van der Waals surface area contributed by atoms with Crippen molar-refractivity contribution in [2.24, 2.45) is 11.8 Å². The summed E-state index contributed by atoms with van der Waals surface area (Å²) in [6, 6.07) is 5.18. The van der Waals surface area contributed by atoms with Gasteiger partial charge in [0.1, 0.15) is 0 Å². The van der Waals surface area contributed by atoms with Crippen LogP contribution in [0.25, 0.3) is 0 Å². The van der Waals surface area contributed by atoms with E-state index < -0.39 is 23.9 Å². The minimum Gasteiger partial charge on any atom is -0.550 e. The zero-order valence-electron chi connectivity index (χ0n) is 11.5. The summed E-state index contributed by atoms with van der Waals surface area (Å²) in [5, 5.41) is 14.5. The summed E-state index contributed by atoms with van der Waals surface area (Å²) >= 11 is 6.02. The van der Waals surface area contributed by atoms with Gasteiger partial charge in [-0.05, 0) is 37.5 Å². The molecule has 21 heavy (non-hydrogen) atoms. The van der Waals surface area contributed by atoms with E-state index in [0.29, 0.717) is 23.6 Å². The SMILES string of the molecule is Cc1ccc(NC(=O)[C@H]2[C@@H](C(=O)[O-])[C@H]3CC[C@@H]2O3)cc1Cl. The number of ether oxygens (including phenoxy) is 1. The highest BCUT2D eigenvalue weighted by atomic mass is 35.5. The van der Waals surface area contributed by atoms with Crippen LogP contribution in [0.3, 0.4) is 0 Å². The highest BCUT2D eigenvalue weighted by molar-refractivity contribution is 6.31. The van der Waals surface area contributed by atoms with Gasteiger partial charge in [-0.2, -0.15) is 0 Å². The molecular weight excluding hydrogens is 294 g/mol. The molecule has 0 aliphatic carbocycles. The highest BCUT2D eigenvalue weighted by Gasteiger charge is 2.52. The van der Waals surface area contributed by atoms with Gasteiger partial charge in [0.15, 0.2) is 0 Å². The maximum Gasteiger partial charge on any atom is 0.230 e. The normalized spacial score (nSPS) is 30.4. The van der Waals surface area contributed by atoms with Crippen molar-refractivity contribution in [3.05, 3.63) is 28.8 Å². The predicted molar refractivity (Wildman–Crippen MR) is 74.7 cm³/mol. The number of aryl methyl sites for hydroxylation is 1. The Hall–Kier alpha value is -1.59. The molecule has 0 aromatic heterocycles. The quantitative estimate of drug-likeness (QED) is 0.908. The van der Waals surface area contributed by atoms with Crippen molar-refractivity contribution in [3.8, 4) is 0 Å². The van der Waals surface area contributed by atoms with Gasteiger partial charge in [-0.1, -0.05) is 17.7 Å². The van der Waals surface area contributed by atoms with Gasteiger partial charge in [0.05, 0.1) is 18.1 Å². The van der Waals surface area contributed by atoms with Gasteiger partial charge < -0.3 is 20.0 Å². The summed E-state index contributed by atoms with van der Waals surface area (Å²) in [4.78, 5) is 23.7. The molecule has 2 saturated heterocycles. The molecule has 1 aromatic carbocycles. The van der Waals surface area contributed by atoms with Crippen LogP contribution in [0.5, 0.6) is 0 Å². The second-order valence-electron chi connectivity index (χ2n) is 5.61. The zero-order valence-corrected chi connectivity index (χ0v) is 12.2. The molecule has 112 valence electrons. The average molecular weight is 309 g/mol. The number of fused-ring (bicyclic) bond motifs is 2. The fraction of sp³-hybridized carbons (Fsp3) is 0.467. The van der Waals surface area contributed by atoms with Crippen molar-refractivity contribution < 1.29 is 19.4 Å². The standard InChI is InChI=1S/C15H16ClNO4/c1-7-2-3-8(6-9(7)16)17-14(18)12-10-4-5-11(21-10)13(12)15(19)20/h2-3,6,10-13H,4-5H2,1H3,(H,17,18)(H,19,20)/p-1/t10-,11+,12+,13-/m0/s1. The third-order valence-electron chi connectivity index (χ3n) is 4.29. The first-order valence-corrected chi connectivity index (χ1v) is 7.28. The molecule has 2 heterocycles. The van der Waals surface area contributed by atoms with Crippen molar-refractivity contribution in [3.63, 3.8) is 0 Å². The average Bonchev–Trinajstić information content (AvgIpc) is 3.03. The summed E-state index contributed by atoms with van der Waals surface area (Å²) < 4.78 is 5.55. The van der Waals surface area contributed by atoms with Gasteiger partial charge in [0.2, 0.25) is 5.91 Å². The molecule has 2 aliphatic heterocycles. The first-order chi connectivity index (χ1) is 9.97. The van der Waals surface area contributed by atoms with E-state index in [1.165, 1.54) is 0 Å². The fourth-order valence-corrected chi connectivity index (χ4v) is 3.39. The van der Waals surface area contributed by atoms with Crippen LogP contribution in [-0.2, 0) is 14.3 Å². The van der Waals surface area contributed by atoms with E-state index in [9.17, 15) is 14.7 Å². The van der Waals surface area contributed by atoms with Crippen LogP contribution < -0.4 is 10.4 Å². The number of aliphatic carboxylic acids is 1. The lowest BCUT2D eigenvalue weighted by molar-refractivity contribution is -0.313. The number of carbonyl (C=O) groups excluding carboxylic acids is 2. The molecule has 1 N–H and O–H groups in total. The molecule has 5 nitrogen and oxygen atoms in total. The molecule has 0 spiro atoms. The number of rotatable bonds is 3. The molecule has 0 radical (unpaired) electrons. The molecule has 0 saturated carbocycles. The van der Waals surface area contributed by atoms with Gasteiger partial charge in [0.25, 0.3) is 0 Å². The Morgan fingerprint density at radius 2 is 1.95 bits per heavy atom. The lowest BCUT2D eigenvalue weighted by Gasteiger charge is -2.27. The Balaban J connectivity index is 1.78. The molecule has 2 fully saturated rings. The second-order valence-corrected chi connectivity index (χ2v) is 6.02. The van der Waals surface area contributed by atoms with Crippen molar-refractivity contribution in [2.75, 3.05) is 5.32 Å². The van der Waals surface area contributed by atoms with Crippen LogP contribution in [0, 0.1) is 18.8 Å². The summed E-state index contributed by atoms with van der Waals surface area (Å²) in [7, 11) is 0. The monoisotopic (exact) mass is 308 g/mol. The Labute approximate surface area is 127 Å². The fourth-order valence-electron chi connectivity index (χ4n) is 3.21. The van der Waals surface area contributed by atoms with Crippen LogP contribution >= 0.6 is 11.6 Å². The molecule has 0 unspecified atom stereocenters. The van der Waals surface area contributed by atoms with Gasteiger partial charge >= 0.3 is 0 Å². The molecule has 1 aromatic rings. The van der Waals surface area contributed by atoms with Gasteiger partial charge in [-0.3, -0.25) is 4.79 Å². The third-order valence-corrected chi connectivity index (χ3v) is 4.69. The number of halogens is 1. The minimum atomic E-state index is -1.22. The molecule has 6 heteroatoms. The molecule has 3 rings (SSSR count). The van der Waals surface area contributed by atoms with Crippen molar-refractivity contribution in [1.29, 1.82) is 0 Å². The number of hydrogen-bond donors (Lipinski definition) is 1. The van der Waals surface area contributed by atoms with E-state index in [2.05, 4.69) is 5.32 Å². The van der Waals surface area contributed by atoms with Gasteiger partial charge in [-0.25, -0.2) is 0 Å². The molecule has 2 aliphatic rings. The van der Waals surface area contributed by atoms with Crippen LogP contribution in [0.4, 0.5) is 5.69 Å². The van der Waals surface area contributed by atoms with Crippen molar-refractivity contribution in [2.45, 2.75) is 32.0 Å². The lowest BCUT2D eigenvalue weighted by Crippen LogP contribution is -2.46. The van der Waals surface area contributed by atoms with E-state index >= 15 is 0 Å². The maximum absolute atomic E-state index is 12.4. The van der Waals surface area contributed by atoms with Gasteiger partial charge in [0, 0.05) is 22.6 Å². The maximum atomic E-state index is 12.4. The number of amides is 1. The molecule has 2 bridgehead atoms. The summed E-state index contributed by atoms with van der Waals surface area (Å²) in [6.07, 6.45) is 0.640. The summed E-state index contributed by atoms with van der Waals surface area (Å²) in [5.41, 5.74) is 1.46. The number of anilines is 1. The topological polar surface area (TPSA) is 78.5 Å².